The number of hydrogen-bond donors (Lipinski definition) is 1. The van der Waals surface area contributed by atoms with Gasteiger partial charge in [0, 0.05) is 10.3 Å². The van der Waals surface area contributed by atoms with Crippen LogP contribution in [0.2, 0.25) is 0 Å². The van der Waals surface area contributed by atoms with Crippen LogP contribution in [-0.2, 0) is 22.3 Å². The Kier molecular flexibility index (Phi) is 3.51. The Morgan fingerprint density at radius 1 is 1.39 bits per heavy atom. The fourth-order valence-corrected chi connectivity index (χ4v) is 3.16. The number of imide groups is 1. The lowest BCUT2D eigenvalue weighted by Crippen LogP contribution is -2.40. The summed E-state index contributed by atoms with van der Waals surface area (Å²) < 4.78 is 5.18. The van der Waals surface area contributed by atoms with Crippen molar-refractivity contribution in [2.24, 2.45) is 0 Å². The molecule has 0 aliphatic carbocycles. The lowest BCUT2D eigenvalue weighted by atomic mass is 9.96. The molecule has 7 nitrogen and oxygen atoms in total. The Hall–Kier alpha value is -2.22. The Balaban J connectivity index is 1.83. The molecule has 1 fully saturated rings. The molecule has 3 amide bonds. The second-order valence-corrected chi connectivity index (χ2v) is 7.63. The zero-order valence-corrected chi connectivity index (χ0v) is 14.2. The van der Waals surface area contributed by atoms with Crippen LogP contribution in [0.1, 0.15) is 44.3 Å². The van der Waals surface area contributed by atoms with E-state index in [4.69, 9.17) is 4.52 Å². The van der Waals surface area contributed by atoms with Gasteiger partial charge in [0.15, 0.2) is 11.4 Å². The van der Waals surface area contributed by atoms with E-state index in [1.54, 1.807) is 6.92 Å². The molecule has 2 aromatic heterocycles. The number of aromatic nitrogens is 2. The first-order chi connectivity index (χ1) is 10.7. The molecule has 23 heavy (non-hydrogen) atoms. The van der Waals surface area contributed by atoms with Crippen molar-refractivity contribution in [1.29, 1.82) is 0 Å². The number of hydrogen-bond acceptors (Lipinski definition) is 6. The van der Waals surface area contributed by atoms with Crippen molar-refractivity contribution in [1.82, 2.24) is 20.4 Å². The van der Waals surface area contributed by atoms with Gasteiger partial charge in [0.1, 0.15) is 6.54 Å². The molecule has 3 rings (SSSR count). The minimum atomic E-state index is -1.04. The van der Waals surface area contributed by atoms with Gasteiger partial charge < -0.3 is 9.84 Å². The summed E-state index contributed by atoms with van der Waals surface area (Å²) in [7, 11) is 0. The average molecular weight is 334 g/mol. The molecule has 0 aromatic carbocycles. The van der Waals surface area contributed by atoms with Crippen molar-refractivity contribution in [3.63, 3.8) is 0 Å². The summed E-state index contributed by atoms with van der Waals surface area (Å²) in [6.07, 6.45) is 0. The molecule has 1 atom stereocenters. The van der Waals surface area contributed by atoms with E-state index in [9.17, 15) is 9.59 Å². The first-order valence-electron chi connectivity index (χ1n) is 7.23. The van der Waals surface area contributed by atoms with Gasteiger partial charge in [-0.15, -0.1) is 11.3 Å². The van der Waals surface area contributed by atoms with E-state index < -0.39 is 11.6 Å². The Labute approximate surface area is 137 Å². The predicted octanol–water partition coefficient (Wildman–Crippen LogP) is 2.40. The third-order valence-electron chi connectivity index (χ3n) is 3.72. The van der Waals surface area contributed by atoms with Crippen molar-refractivity contribution in [2.75, 3.05) is 0 Å². The minimum absolute atomic E-state index is 0.0330. The summed E-state index contributed by atoms with van der Waals surface area (Å²) in [6.45, 7) is 7.55. The summed E-state index contributed by atoms with van der Waals surface area (Å²) >= 11 is 1.43. The number of carbonyl (C=O) groups excluding carboxylic acids is 2. The lowest BCUT2D eigenvalue weighted by molar-refractivity contribution is -0.131. The molecule has 0 radical (unpaired) electrons. The number of nitrogens with zero attached hydrogens (tertiary/aromatic N) is 3. The number of thiophene rings is 1. The van der Waals surface area contributed by atoms with Crippen molar-refractivity contribution >= 4 is 23.3 Å². The van der Waals surface area contributed by atoms with Gasteiger partial charge in [-0.05, 0) is 18.4 Å². The van der Waals surface area contributed by atoms with Crippen LogP contribution in [0.5, 0.6) is 0 Å². The normalized spacial score (nSPS) is 21.8. The summed E-state index contributed by atoms with van der Waals surface area (Å²) in [5, 5.41) is 8.53. The molecule has 0 bridgehead atoms. The van der Waals surface area contributed by atoms with E-state index in [2.05, 4.69) is 15.5 Å². The van der Waals surface area contributed by atoms with Crippen molar-refractivity contribution in [2.45, 2.75) is 45.2 Å². The van der Waals surface area contributed by atoms with Crippen molar-refractivity contribution in [3.8, 4) is 0 Å². The van der Waals surface area contributed by atoms with Crippen LogP contribution in [0.25, 0.3) is 0 Å². The fourth-order valence-electron chi connectivity index (χ4n) is 2.33. The van der Waals surface area contributed by atoms with Crippen molar-refractivity contribution in [3.05, 3.63) is 34.1 Å². The zero-order valence-electron chi connectivity index (χ0n) is 13.4. The van der Waals surface area contributed by atoms with Gasteiger partial charge in [-0.3, -0.25) is 9.69 Å². The molecule has 1 aliphatic rings. The highest BCUT2D eigenvalue weighted by atomic mass is 32.1. The van der Waals surface area contributed by atoms with Gasteiger partial charge in [-0.2, -0.15) is 4.98 Å². The second kappa shape index (κ2) is 5.16. The largest absolute Gasteiger partial charge is 0.337 e. The molecule has 1 aliphatic heterocycles. The van der Waals surface area contributed by atoms with Crippen LogP contribution < -0.4 is 5.32 Å². The number of amides is 3. The zero-order chi connectivity index (χ0) is 16.8. The third-order valence-corrected chi connectivity index (χ3v) is 4.81. The van der Waals surface area contributed by atoms with Gasteiger partial charge >= 0.3 is 6.03 Å². The smallest absolute Gasteiger partial charge is 0.325 e. The number of rotatable bonds is 3. The summed E-state index contributed by atoms with van der Waals surface area (Å²) in [4.78, 5) is 31.1. The van der Waals surface area contributed by atoms with Gasteiger partial charge in [0.25, 0.3) is 5.91 Å². The third kappa shape index (κ3) is 2.63. The van der Waals surface area contributed by atoms with Crippen molar-refractivity contribution < 1.29 is 14.1 Å². The molecular formula is C15H18N4O3S. The Morgan fingerprint density at radius 3 is 2.70 bits per heavy atom. The maximum Gasteiger partial charge on any atom is 0.325 e. The van der Waals surface area contributed by atoms with Crippen LogP contribution >= 0.6 is 11.3 Å². The molecule has 2 aromatic rings. The van der Waals surface area contributed by atoms with Gasteiger partial charge in [-0.1, -0.05) is 32.0 Å². The summed E-state index contributed by atoms with van der Waals surface area (Å²) in [6, 6.07) is 3.22. The molecule has 8 heteroatoms. The highest BCUT2D eigenvalue weighted by molar-refractivity contribution is 7.10. The fraction of sp³-hybridized carbons (Fsp3) is 0.467. The molecule has 0 spiro atoms. The monoisotopic (exact) mass is 334 g/mol. The van der Waals surface area contributed by atoms with Gasteiger partial charge in [0.05, 0.1) is 0 Å². The lowest BCUT2D eigenvalue weighted by Gasteiger charge is -2.19. The van der Waals surface area contributed by atoms with E-state index in [-0.39, 0.29) is 23.8 Å². The van der Waals surface area contributed by atoms with Gasteiger partial charge in [-0.25, -0.2) is 4.79 Å². The molecule has 1 saturated heterocycles. The Bertz CT molecular complexity index is 747. The van der Waals surface area contributed by atoms with Gasteiger partial charge in [0.2, 0.25) is 5.89 Å². The number of carbonyl (C=O) groups is 2. The summed E-state index contributed by atoms with van der Waals surface area (Å²) in [5.74, 6) is 0.467. The predicted molar refractivity (Wildman–Crippen MR) is 83.8 cm³/mol. The van der Waals surface area contributed by atoms with E-state index in [1.807, 2.05) is 38.3 Å². The number of nitrogens with one attached hydrogen (secondary N) is 1. The average Bonchev–Trinajstić information content (AvgIpc) is 3.16. The highest BCUT2D eigenvalue weighted by Gasteiger charge is 2.50. The second-order valence-electron chi connectivity index (χ2n) is 6.69. The van der Waals surface area contributed by atoms with E-state index in [0.29, 0.717) is 5.82 Å². The Morgan fingerprint density at radius 2 is 2.13 bits per heavy atom. The highest BCUT2D eigenvalue weighted by Crippen LogP contribution is 2.32. The first-order valence-corrected chi connectivity index (χ1v) is 8.11. The molecule has 0 saturated carbocycles. The molecule has 122 valence electrons. The SMILES string of the molecule is CC(C)(C)c1noc(CN2C(=O)NC(C)(c3cccs3)C2=O)n1. The van der Waals surface area contributed by atoms with E-state index in [0.717, 1.165) is 9.78 Å². The summed E-state index contributed by atoms with van der Waals surface area (Å²) in [5.41, 5.74) is -1.30. The molecule has 3 heterocycles. The number of urea groups is 1. The topological polar surface area (TPSA) is 88.3 Å². The minimum Gasteiger partial charge on any atom is -0.337 e. The van der Waals surface area contributed by atoms with E-state index in [1.165, 1.54) is 11.3 Å². The maximum absolute atomic E-state index is 12.7. The van der Waals surface area contributed by atoms with Crippen LogP contribution in [-0.4, -0.2) is 27.0 Å². The van der Waals surface area contributed by atoms with Crippen LogP contribution in [0.4, 0.5) is 4.79 Å². The molecule has 1 N–H and O–H groups in total. The van der Waals surface area contributed by atoms with Crippen LogP contribution in [0, 0.1) is 0 Å². The van der Waals surface area contributed by atoms with E-state index >= 15 is 0 Å². The standard InChI is InChI=1S/C15H18N4O3S/c1-14(2,3)11-16-10(22-18-11)8-19-12(20)15(4,17-13(19)21)9-6-5-7-23-9/h5-7H,8H2,1-4H3,(H,17,21). The quantitative estimate of drug-likeness (QED) is 0.871. The maximum atomic E-state index is 12.7. The molecule has 1 unspecified atom stereocenters. The molecular weight excluding hydrogens is 316 g/mol. The first kappa shape index (κ1) is 15.7. The van der Waals surface area contributed by atoms with Crippen LogP contribution in [0.3, 0.4) is 0 Å². The van der Waals surface area contributed by atoms with Crippen LogP contribution in [0.15, 0.2) is 22.0 Å².